The van der Waals surface area contributed by atoms with Crippen LogP contribution in [0, 0.1) is 0 Å². The molecule has 5 heteroatoms. The van der Waals surface area contributed by atoms with Crippen LogP contribution in [0.4, 0.5) is 0 Å². The molecule has 0 bridgehead atoms. The van der Waals surface area contributed by atoms with Crippen LogP contribution < -0.4 is 10.1 Å². The zero-order chi connectivity index (χ0) is 14.3. The van der Waals surface area contributed by atoms with Gasteiger partial charge >= 0.3 is 0 Å². The highest BCUT2D eigenvalue weighted by Crippen LogP contribution is 2.22. The Labute approximate surface area is 120 Å². The van der Waals surface area contributed by atoms with Crippen molar-refractivity contribution in [1.29, 1.82) is 0 Å². The van der Waals surface area contributed by atoms with Gasteiger partial charge in [-0.2, -0.15) is 0 Å². The molecule has 0 atom stereocenters. The van der Waals surface area contributed by atoms with Crippen LogP contribution in [0.2, 0.25) is 5.02 Å². The average molecular weight is 287 g/mol. The van der Waals surface area contributed by atoms with E-state index < -0.39 is 0 Å². The smallest absolute Gasteiger partial charge is 0.232 e. The molecule has 0 radical (unpaired) electrons. The topological polar surface area (TPSA) is 43.4 Å². The summed E-state index contributed by atoms with van der Waals surface area (Å²) in [7, 11) is 0. The van der Waals surface area contributed by atoms with Crippen molar-refractivity contribution in [3.05, 3.63) is 22.8 Å². The largest absolute Gasteiger partial charge is 0.474 e. The molecule has 108 valence electrons. The standard InChI is InChI=1S/C14H23ClN2O2/c1-5-16-9-11-8-12(15)13(17-10-11)18-6-7-19-14(2,3)4/h8,10,16H,5-7,9H2,1-4H3. The molecule has 0 amide bonds. The molecule has 0 fully saturated rings. The Morgan fingerprint density at radius 3 is 2.63 bits per heavy atom. The normalized spacial score (nSPS) is 11.6. The molecule has 1 aromatic heterocycles. The van der Waals surface area contributed by atoms with Gasteiger partial charge < -0.3 is 14.8 Å². The lowest BCUT2D eigenvalue weighted by Gasteiger charge is -2.19. The highest BCUT2D eigenvalue weighted by Gasteiger charge is 2.10. The summed E-state index contributed by atoms with van der Waals surface area (Å²) in [4.78, 5) is 4.22. The minimum absolute atomic E-state index is 0.156. The summed E-state index contributed by atoms with van der Waals surface area (Å²) < 4.78 is 11.1. The predicted octanol–water partition coefficient (Wildman–Crippen LogP) is 3.04. The number of rotatable bonds is 7. The summed E-state index contributed by atoms with van der Waals surface area (Å²) in [6.07, 6.45) is 1.77. The molecule has 1 aromatic rings. The summed E-state index contributed by atoms with van der Waals surface area (Å²) >= 11 is 6.12. The van der Waals surface area contributed by atoms with Crippen LogP contribution in [-0.4, -0.2) is 30.3 Å². The summed E-state index contributed by atoms with van der Waals surface area (Å²) in [6.45, 7) is 10.7. The number of nitrogens with one attached hydrogen (secondary N) is 1. The maximum absolute atomic E-state index is 6.12. The molecule has 0 aromatic carbocycles. The lowest BCUT2D eigenvalue weighted by molar-refractivity contribution is -0.0167. The Hall–Kier alpha value is -0.840. The highest BCUT2D eigenvalue weighted by atomic mass is 35.5. The molecule has 0 saturated carbocycles. The zero-order valence-corrected chi connectivity index (χ0v) is 12.9. The molecule has 0 aliphatic heterocycles. The first-order valence-corrected chi connectivity index (χ1v) is 6.92. The lowest BCUT2D eigenvalue weighted by Crippen LogP contribution is -2.22. The molecule has 1 heterocycles. The Kier molecular flexibility index (Phi) is 6.55. The van der Waals surface area contributed by atoms with Gasteiger partial charge in [-0.25, -0.2) is 4.98 Å². The summed E-state index contributed by atoms with van der Waals surface area (Å²) in [6, 6.07) is 1.87. The molecule has 19 heavy (non-hydrogen) atoms. The van der Waals surface area contributed by atoms with Crippen LogP contribution in [-0.2, 0) is 11.3 Å². The van der Waals surface area contributed by atoms with Crippen molar-refractivity contribution in [2.75, 3.05) is 19.8 Å². The van der Waals surface area contributed by atoms with Gasteiger partial charge in [0.05, 0.1) is 12.2 Å². The van der Waals surface area contributed by atoms with Gasteiger partial charge in [0.25, 0.3) is 0 Å². The molecule has 0 aliphatic rings. The van der Waals surface area contributed by atoms with E-state index in [2.05, 4.69) is 17.2 Å². The second-order valence-electron chi connectivity index (χ2n) is 5.22. The maximum atomic E-state index is 6.12. The summed E-state index contributed by atoms with van der Waals surface area (Å²) in [5.41, 5.74) is 0.890. The molecule has 1 N–H and O–H groups in total. The number of nitrogens with zero attached hydrogens (tertiary/aromatic N) is 1. The van der Waals surface area contributed by atoms with Crippen LogP contribution in [0.15, 0.2) is 12.3 Å². The second-order valence-corrected chi connectivity index (χ2v) is 5.63. The number of hydrogen-bond donors (Lipinski definition) is 1. The van der Waals surface area contributed by atoms with Crippen LogP contribution in [0.3, 0.4) is 0 Å². The van der Waals surface area contributed by atoms with Crippen molar-refractivity contribution in [3.63, 3.8) is 0 Å². The fraction of sp³-hybridized carbons (Fsp3) is 0.643. The van der Waals surface area contributed by atoms with Crippen LogP contribution >= 0.6 is 11.6 Å². The first kappa shape index (κ1) is 16.2. The van der Waals surface area contributed by atoms with Gasteiger partial charge in [0.1, 0.15) is 11.6 Å². The lowest BCUT2D eigenvalue weighted by atomic mass is 10.2. The van der Waals surface area contributed by atoms with Crippen molar-refractivity contribution in [3.8, 4) is 5.88 Å². The molecule has 0 spiro atoms. The summed E-state index contributed by atoms with van der Waals surface area (Å²) in [5.74, 6) is 0.458. The summed E-state index contributed by atoms with van der Waals surface area (Å²) in [5, 5.41) is 3.75. The Morgan fingerprint density at radius 1 is 1.32 bits per heavy atom. The minimum atomic E-state index is -0.156. The maximum Gasteiger partial charge on any atom is 0.232 e. The molecular formula is C14H23ClN2O2. The fourth-order valence-corrected chi connectivity index (χ4v) is 1.67. The Morgan fingerprint density at radius 2 is 2.05 bits per heavy atom. The van der Waals surface area contributed by atoms with E-state index >= 15 is 0 Å². The van der Waals surface area contributed by atoms with E-state index in [1.165, 1.54) is 0 Å². The van der Waals surface area contributed by atoms with Crippen molar-refractivity contribution < 1.29 is 9.47 Å². The minimum Gasteiger partial charge on any atom is -0.474 e. The van der Waals surface area contributed by atoms with Gasteiger partial charge in [-0.05, 0) is 38.9 Å². The zero-order valence-electron chi connectivity index (χ0n) is 12.1. The number of hydrogen-bond acceptors (Lipinski definition) is 4. The van der Waals surface area contributed by atoms with E-state index in [0.29, 0.717) is 24.1 Å². The fourth-order valence-electron chi connectivity index (χ4n) is 1.42. The first-order valence-electron chi connectivity index (χ1n) is 6.54. The van der Waals surface area contributed by atoms with Gasteiger partial charge in [-0.3, -0.25) is 0 Å². The quantitative estimate of drug-likeness (QED) is 0.783. The van der Waals surface area contributed by atoms with E-state index in [-0.39, 0.29) is 5.60 Å². The highest BCUT2D eigenvalue weighted by molar-refractivity contribution is 6.31. The third-order valence-corrected chi connectivity index (χ3v) is 2.57. The van der Waals surface area contributed by atoms with Crippen molar-refractivity contribution in [1.82, 2.24) is 10.3 Å². The van der Waals surface area contributed by atoms with E-state index in [0.717, 1.165) is 18.7 Å². The first-order chi connectivity index (χ1) is 8.92. The van der Waals surface area contributed by atoms with Crippen molar-refractivity contribution in [2.45, 2.75) is 39.8 Å². The van der Waals surface area contributed by atoms with Crippen molar-refractivity contribution in [2.24, 2.45) is 0 Å². The second kappa shape index (κ2) is 7.68. The number of aromatic nitrogens is 1. The van der Waals surface area contributed by atoms with Crippen molar-refractivity contribution >= 4 is 11.6 Å². The van der Waals surface area contributed by atoms with Gasteiger partial charge in [0, 0.05) is 12.7 Å². The van der Waals surface area contributed by atoms with E-state index in [1.807, 2.05) is 26.8 Å². The van der Waals surface area contributed by atoms with Gasteiger partial charge in [-0.15, -0.1) is 0 Å². The monoisotopic (exact) mass is 286 g/mol. The van der Waals surface area contributed by atoms with E-state index in [4.69, 9.17) is 21.1 Å². The number of ether oxygens (including phenoxy) is 2. The Balaban J connectivity index is 2.42. The van der Waals surface area contributed by atoms with E-state index in [9.17, 15) is 0 Å². The van der Waals surface area contributed by atoms with Crippen LogP contribution in [0.5, 0.6) is 5.88 Å². The third kappa shape index (κ3) is 6.76. The van der Waals surface area contributed by atoms with Gasteiger partial charge in [0.15, 0.2) is 0 Å². The average Bonchev–Trinajstić information content (AvgIpc) is 2.32. The van der Waals surface area contributed by atoms with E-state index in [1.54, 1.807) is 6.20 Å². The molecule has 0 unspecified atom stereocenters. The molecule has 4 nitrogen and oxygen atoms in total. The van der Waals surface area contributed by atoms with Gasteiger partial charge in [0.2, 0.25) is 5.88 Å². The molecule has 0 saturated heterocycles. The third-order valence-electron chi connectivity index (χ3n) is 2.30. The number of pyridine rings is 1. The Bertz CT molecular complexity index is 392. The van der Waals surface area contributed by atoms with Crippen LogP contribution in [0.25, 0.3) is 0 Å². The van der Waals surface area contributed by atoms with Gasteiger partial charge in [-0.1, -0.05) is 18.5 Å². The molecule has 0 aliphatic carbocycles. The molecule has 1 rings (SSSR count). The number of halogens is 1. The van der Waals surface area contributed by atoms with Crippen LogP contribution in [0.1, 0.15) is 33.3 Å². The molecular weight excluding hydrogens is 264 g/mol. The SMILES string of the molecule is CCNCc1cnc(OCCOC(C)(C)C)c(Cl)c1. The predicted molar refractivity (Wildman–Crippen MR) is 77.8 cm³/mol.